The van der Waals surface area contributed by atoms with Crippen molar-refractivity contribution in [3.8, 4) is 11.5 Å². The Kier molecular flexibility index (Phi) is 8.08. The van der Waals surface area contributed by atoms with Crippen molar-refractivity contribution in [2.45, 2.75) is 37.1 Å². The van der Waals surface area contributed by atoms with E-state index in [0.717, 1.165) is 12.0 Å². The zero-order chi connectivity index (χ0) is 24.7. The maximum Gasteiger partial charge on any atom is 0.257 e. The largest absolute Gasteiger partial charge is 0.497 e. The van der Waals surface area contributed by atoms with Crippen molar-refractivity contribution in [3.63, 3.8) is 0 Å². The average molecular weight is 479 g/mol. The van der Waals surface area contributed by atoms with Gasteiger partial charge in [0, 0.05) is 32.9 Å². The van der Waals surface area contributed by atoms with Gasteiger partial charge in [-0.1, -0.05) is 42.5 Å². The van der Waals surface area contributed by atoms with Crippen LogP contribution in [0.2, 0.25) is 0 Å². The van der Waals surface area contributed by atoms with Crippen LogP contribution in [0.3, 0.4) is 0 Å². The lowest BCUT2D eigenvalue weighted by Crippen LogP contribution is -2.53. The summed E-state index contributed by atoms with van der Waals surface area (Å²) in [5.41, 5.74) is 0.940. The van der Waals surface area contributed by atoms with Crippen LogP contribution in [0.25, 0.3) is 0 Å². The summed E-state index contributed by atoms with van der Waals surface area (Å²) < 4.78 is 16.7. The summed E-state index contributed by atoms with van der Waals surface area (Å²) in [4.78, 5) is 29.0. The summed E-state index contributed by atoms with van der Waals surface area (Å²) in [6.07, 6.45) is 6.67. The number of nitrogens with one attached hydrogen (secondary N) is 1. The number of ether oxygens (including phenoxy) is 3. The smallest absolute Gasteiger partial charge is 0.257 e. The first-order valence-corrected chi connectivity index (χ1v) is 12.2. The van der Waals surface area contributed by atoms with E-state index in [1.54, 1.807) is 37.3 Å². The zero-order valence-corrected chi connectivity index (χ0v) is 20.5. The van der Waals surface area contributed by atoms with Crippen molar-refractivity contribution in [1.29, 1.82) is 0 Å². The van der Waals surface area contributed by atoms with Gasteiger partial charge in [0.1, 0.15) is 18.1 Å². The number of nitrogens with zero attached hydrogens (tertiary/aromatic N) is 1. The molecule has 1 N–H and O–H groups in total. The van der Waals surface area contributed by atoms with Gasteiger partial charge in [0.05, 0.1) is 24.1 Å². The van der Waals surface area contributed by atoms with Crippen LogP contribution in [0.15, 0.2) is 60.7 Å². The number of methoxy groups -OCH3 is 2. The molecule has 0 aromatic heterocycles. The Morgan fingerprint density at radius 3 is 2.71 bits per heavy atom. The number of hydrogen-bond donors (Lipinski definition) is 1. The van der Waals surface area contributed by atoms with Gasteiger partial charge in [0.25, 0.3) is 5.91 Å². The highest BCUT2D eigenvalue weighted by Crippen LogP contribution is 2.32. The number of rotatable bonds is 5. The molecule has 1 fully saturated rings. The van der Waals surface area contributed by atoms with E-state index in [-0.39, 0.29) is 17.7 Å². The minimum absolute atomic E-state index is 0.00809. The summed E-state index contributed by atoms with van der Waals surface area (Å²) >= 11 is 0. The van der Waals surface area contributed by atoms with Gasteiger partial charge in [-0.05, 0) is 43.4 Å². The highest BCUT2D eigenvalue weighted by molar-refractivity contribution is 5.97. The topological polar surface area (TPSA) is 77.1 Å². The number of amides is 2. The van der Waals surface area contributed by atoms with Crippen molar-refractivity contribution in [2.24, 2.45) is 0 Å². The molecular formula is C28H34N2O5. The Morgan fingerprint density at radius 2 is 1.94 bits per heavy atom. The van der Waals surface area contributed by atoms with E-state index in [1.165, 1.54) is 0 Å². The average Bonchev–Trinajstić information content (AvgIpc) is 3.30. The molecule has 0 aliphatic carbocycles. The van der Waals surface area contributed by atoms with E-state index >= 15 is 0 Å². The molecule has 2 bridgehead atoms. The van der Waals surface area contributed by atoms with Crippen molar-refractivity contribution in [2.75, 3.05) is 40.5 Å². The molecule has 2 aliphatic rings. The van der Waals surface area contributed by atoms with Crippen LogP contribution in [0.4, 0.5) is 0 Å². The van der Waals surface area contributed by atoms with Gasteiger partial charge in [-0.2, -0.15) is 0 Å². The first kappa shape index (κ1) is 24.8. The fourth-order valence-corrected chi connectivity index (χ4v) is 4.88. The molecule has 2 amide bonds. The van der Waals surface area contributed by atoms with Crippen LogP contribution < -0.4 is 14.8 Å². The standard InChI is InChI=1S/C28H34N2O5/c1-33-18-15-28-14-16-30(20-28)27(32)24-13-12-22(34-2)19-25(24)35-17-8-4-7-11-23(26(31)29-28)21-9-5-3-6-10-21/h3-6,8-10,12-13,19,23H,7,11,14-18,20H2,1-2H3,(H,29,31)/b8-4-. The molecule has 2 unspecified atom stereocenters. The molecule has 2 aliphatic heterocycles. The number of carbonyl (C=O) groups excluding carboxylic acids is 2. The summed E-state index contributed by atoms with van der Waals surface area (Å²) in [6, 6.07) is 15.2. The number of hydrogen-bond acceptors (Lipinski definition) is 5. The maximum atomic E-state index is 13.6. The molecule has 2 aromatic carbocycles. The van der Waals surface area contributed by atoms with Crippen LogP contribution in [0.1, 0.15) is 47.5 Å². The van der Waals surface area contributed by atoms with E-state index in [1.807, 2.05) is 42.5 Å². The van der Waals surface area contributed by atoms with Crippen LogP contribution in [-0.2, 0) is 9.53 Å². The molecule has 0 radical (unpaired) electrons. The highest BCUT2D eigenvalue weighted by atomic mass is 16.5. The molecule has 4 rings (SSSR count). The third-order valence-corrected chi connectivity index (χ3v) is 6.88. The van der Waals surface area contributed by atoms with Gasteiger partial charge in [0.15, 0.2) is 0 Å². The minimum Gasteiger partial charge on any atom is -0.497 e. The third-order valence-electron chi connectivity index (χ3n) is 6.88. The molecule has 0 saturated carbocycles. The second-order valence-corrected chi connectivity index (χ2v) is 9.17. The molecule has 1 saturated heterocycles. The molecule has 186 valence electrons. The number of carbonyl (C=O) groups is 2. The highest BCUT2D eigenvalue weighted by Gasteiger charge is 2.42. The Bertz CT molecular complexity index is 1050. The molecule has 7 heteroatoms. The Morgan fingerprint density at radius 1 is 1.11 bits per heavy atom. The van der Waals surface area contributed by atoms with Gasteiger partial charge >= 0.3 is 0 Å². The number of fused-ring (bicyclic) bond motifs is 3. The van der Waals surface area contributed by atoms with Gasteiger partial charge in [-0.25, -0.2) is 0 Å². The van der Waals surface area contributed by atoms with Gasteiger partial charge in [-0.3, -0.25) is 9.59 Å². The summed E-state index contributed by atoms with van der Waals surface area (Å²) in [7, 11) is 3.25. The zero-order valence-electron chi connectivity index (χ0n) is 20.5. The first-order valence-electron chi connectivity index (χ1n) is 12.2. The summed E-state index contributed by atoms with van der Waals surface area (Å²) in [5, 5.41) is 3.35. The number of allylic oxidation sites excluding steroid dienone is 1. The quantitative estimate of drug-likeness (QED) is 0.659. The minimum atomic E-state index is -0.542. The summed E-state index contributed by atoms with van der Waals surface area (Å²) in [6.45, 7) is 1.79. The van der Waals surface area contributed by atoms with E-state index < -0.39 is 5.54 Å². The fourth-order valence-electron chi connectivity index (χ4n) is 4.88. The first-order chi connectivity index (χ1) is 17.0. The van der Waals surface area contributed by atoms with E-state index in [2.05, 4.69) is 5.32 Å². The van der Waals surface area contributed by atoms with Gasteiger partial charge in [0.2, 0.25) is 5.91 Å². The predicted octanol–water partition coefficient (Wildman–Crippen LogP) is 3.95. The normalized spacial score (nSPS) is 23.9. The van der Waals surface area contributed by atoms with Crippen molar-refractivity contribution in [3.05, 3.63) is 71.8 Å². The van der Waals surface area contributed by atoms with Crippen LogP contribution in [0, 0.1) is 0 Å². The van der Waals surface area contributed by atoms with Crippen molar-refractivity contribution >= 4 is 11.8 Å². The Balaban J connectivity index is 1.68. The second kappa shape index (κ2) is 11.4. The molecular weight excluding hydrogens is 444 g/mol. The molecule has 35 heavy (non-hydrogen) atoms. The monoisotopic (exact) mass is 478 g/mol. The van der Waals surface area contributed by atoms with Crippen molar-refractivity contribution < 1.29 is 23.8 Å². The van der Waals surface area contributed by atoms with Crippen LogP contribution in [0.5, 0.6) is 11.5 Å². The lowest BCUT2D eigenvalue weighted by molar-refractivity contribution is -0.124. The predicted molar refractivity (Wildman–Crippen MR) is 134 cm³/mol. The maximum absolute atomic E-state index is 13.6. The molecule has 7 nitrogen and oxygen atoms in total. The Hall–Kier alpha value is -3.32. The van der Waals surface area contributed by atoms with Gasteiger partial charge in [-0.15, -0.1) is 0 Å². The van der Waals surface area contributed by atoms with E-state index in [4.69, 9.17) is 14.2 Å². The molecule has 2 atom stereocenters. The van der Waals surface area contributed by atoms with E-state index in [0.29, 0.717) is 62.6 Å². The lowest BCUT2D eigenvalue weighted by Gasteiger charge is -2.32. The SMILES string of the molecule is COCCC12CCN(C1)C(=O)c1ccc(OC)cc1OC/C=C\CCC(c1ccccc1)C(=O)N2. The summed E-state index contributed by atoms with van der Waals surface area (Å²) in [5.74, 6) is 0.722. The molecule has 2 heterocycles. The van der Waals surface area contributed by atoms with Crippen molar-refractivity contribution in [1.82, 2.24) is 10.2 Å². The number of benzene rings is 2. The molecule has 2 aromatic rings. The van der Waals surface area contributed by atoms with Crippen LogP contribution >= 0.6 is 0 Å². The second-order valence-electron chi connectivity index (χ2n) is 9.17. The fraction of sp³-hybridized carbons (Fsp3) is 0.429. The third kappa shape index (κ3) is 5.85. The van der Waals surface area contributed by atoms with Crippen LogP contribution in [-0.4, -0.2) is 62.8 Å². The lowest BCUT2D eigenvalue weighted by atomic mass is 9.89. The van der Waals surface area contributed by atoms with Gasteiger partial charge < -0.3 is 24.4 Å². The molecule has 0 spiro atoms. The Labute approximate surface area is 207 Å². The van der Waals surface area contributed by atoms with E-state index in [9.17, 15) is 9.59 Å².